The Bertz CT molecular complexity index is 697. The molecule has 1 saturated carbocycles. The van der Waals surface area contributed by atoms with E-state index in [1.54, 1.807) is 24.0 Å². The number of rotatable bonds is 5. The molecule has 1 fully saturated rings. The van der Waals surface area contributed by atoms with Crippen molar-refractivity contribution in [3.8, 4) is 0 Å². The van der Waals surface area contributed by atoms with Crippen LogP contribution in [0.2, 0.25) is 0 Å². The van der Waals surface area contributed by atoms with Gasteiger partial charge in [0.05, 0.1) is 23.9 Å². The summed E-state index contributed by atoms with van der Waals surface area (Å²) in [7, 11) is 1.79. The van der Waals surface area contributed by atoms with Crippen LogP contribution in [0.5, 0.6) is 0 Å². The molecular formula is C16H22N4O2. The van der Waals surface area contributed by atoms with Crippen LogP contribution in [0.3, 0.4) is 0 Å². The van der Waals surface area contributed by atoms with Gasteiger partial charge in [-0.3, -0.25) is 9.48 Å². The Morgan fingerprint density at radius 3 is 2.77 bits per heavy atom. The summed E-state index contributed by atoms with van der Waals surface area (Å²) in [6.07, 6.45) is 4.03. The van der Waals surface area contributed by atoms with Crippen molar-refractivity contribution < 1.29 is 9.90 Å². The molecule has 118 valence electrons. The average Bonchev–Trinajstić information content (AvgIpc) is 3.15. The van der Waals surface area contributed by atoms with E-state index in [0.717, 1.165) is 17.1 Å². The lowest BCUT2D eigenvalue weighted by atomic mass is 10.1. The van der Waals surface area contributed by atoms with Crippen molar-refractivity contribution in [2.24, 2.45) is 7.05 Å². The number of hydrogen-bond donors (Lipinski definition) is 2. The van der Waals surface area contributed by atoms with E-state index in [9.17, 15) is 9.90 Å². The quantitative estimate of drug-likeness (QED) is 0.882. The molecule has 0 spiro atoms. The molecule has 22 heavy (non-hydrogen) atoms. The number of carbonyl (C=O) groups excluding carboxylic acids is 1. The molecule has 6 heteroatoms. The Hall–Kier alpha value is -2.08. The number of aryl methyl sites for hydroxylation is 2. The monoisotopic (exact) mass is 302 g/mol. The summed E-state index contributed by atoms with van der Waals surface area (Å²) in [6, 6.07) is 3.83. The van der Waals surface area contributed by atoms with E-state index in [0.29, 0.717) is 11.6 Å². The first kappa shape index (κ1) is 14.8. The largest absolute Gasteiger partial charge is 0.394 e. The summed E-state index contributed by atoms with van der Waals surface area (Å²) < 4.78 is 3.90. The van der Waals surface area contributed by atoms with Crippen molar-refractivity contribution >= 4 is 5.91 Å². The third-order valence-corrected chi connectivity index (χ3v) is 4.34. The van der Waals surface area contributed by atoms with Crippen LogP contribution in [0.25, 0.3) is 0 Å². The van der Waals surface area contributed by atoms with Gasteiger partial charge in [0.2, 0.25) is 0 Å². The Labute approximate surface area is 129 Å². The summed E-state index contributed by atoms with van der Waals surface area (Å²) in [5, 5.41) is 16.6. The Balaban J connectivity index is 1.82. The molecule has 1 unspecified atom stereocenters. The first-order chi connectivity index (χ1) is 10.5. The highest BCUT2D eigenvalue weighted by Crippen LogP contribution is 2.38. The topological polar surface area (TPSA) is 72.1 Å². The Kier molecular flexibility index (Phi) is 3.78. The van der Waals surface area contributed by atoms with Crippen molar-refractivity contribution in [1.82, 2.24) is 19.7 Å². The Morgan fingerprint density at radius 1 is 1.50 bits per heavy atom. The minimum Gasteiger partial charge on any atom is -0.394 e. The molecule has 0 bridgehead atoms. The molecule has 6 nitrogen and oxygen atoms in total. The van der Waals surface area contributed by atoms with Gasteiger partial charge in [-0.15, -0.1) is 0 Å². The molecule has 0 aliphatic heterocycles. The molecular weight excluding hydrogens is 280 g/mol. The van der Waals surface area contributed by atoms with Gasteiger partial charge in [0, 0.05) is 30.7 Å². The van der Waals surface area contributed by atoms with Gasteiger partial charge in [0.1, 0.15) is 0 Å². The lowest BCUT2D eigenvalue weighted by molar-refractivity contribution is 0.0912. The molecule has 2 heterocycles. The van der Waals surface area contributed by atoms with Crippen LogP contribution in [0, 0.1) is 13.8 Å². The predicted octanol–water partition coefficient (Wildman–Crippen LogP) is 1.64. The lowest BCUT2D eigenvalue weighted by Gasteiger charge is -2.16. The maximum absolute atomic E-state index is 12.6. The fourth-order valence-electron chi connectivity index (χ4n) is 3.08. The SMILES string of the molecule is Cc1cc(C(=O)NC(CO)c2ccnn2C)c(C)n1C1CC1. The standard InChI is InChI=1S/C16H22N4O2/c1-10-8-13(11(2)20(10)12-4-5-12)16(22)18-14(9-21)15-6-7-17-19(15)3/h6-8,12,14,21H,4-5,9H2,1-3H3,(H,18,22). The zero-order valence-corrected chi connectivity index (χ0v) is 13.2. The molecule has 0 aromatic carbocycles. The highest BCUT2D eigenvalue weighted by atomic mass is 16.3. The van der Waals surface area contributed by atoms with Crippen LogP contribution in [0.4, 0.5) is 0 Å². The predicted molar refractivity (Wildman–Crippen MR) is 82.7 cm³/mol. The van der Waals surface area contributed by atoms with Crippen molar-refractivity contribution in [3.63, 3.8) is 0 Å². The molecule has 0 radical (unpaired) electrons. The van der Waals surface area contributed by atoms with E-state index >= 15 is 0 Å². The molecule has 1 aliphatic carbocycles. The minimum absolute atomic E-state index is 0.153. The normalized spacial score (nSPS) is 15.8. The highest BCUT2D eigenvalue weighted by Gasteiger charge is 2.29. The van der Waals surface area contributed by atoms with Gasteiger partial charge >= 0.3 is 0 Å². The van der Waals surface area contributed by atoms with Gasteiger partial charge in [-0.1, -0.05) is 0 Å². The number of carbonyl (C=O) groups is 1. The molecule has 1 aliphatic rings. The summed E-state index contributed by atoms with van der Waals surface area (Å²) in [5.41, 5.74) is 3.59. The third kappa shape index (κ3) is 2.54. The fourth-order valence-corrected chi connectivity index (χ4v) is 3.08. The first-order valence-electron chi connectivity index (χ1n) is 7.61. The molecule has 0 saturated heterocycles. The third-order valence-electron chi connectivity index (χ3n) is 4.34. The molecule has 1 atom stereocenters. The van der Waals surface area contributed by atoms with Crippen LogP contribution in [-0.2, 0) is 7.05 Å². The maximum atomic E-state index is 12.6. The van der Waals surface area contributed by atoms with Crippen molar-refractivity contribution in [2.75, 3.05) is 6.61 Å². The zero-order valence-electron chi connectivity index (χ0n) is 13.2. The zero-order chi connectivity index (χ0) is 15.9. The first-order valence-corrected chi connectivity index (χ1v) is 7.61. The summed E-state index contributed by atoms with van der Waals surface area (Å²) in [4.78, 5) is 12.6. The van der Waals surface area contributed by atoms with E-state index in [4.69, 9.17) is 0 Å². The second-order valence-corrected chi connectivity index (χ2v) is 5.97. The van der Waals surface area contributed by atoms with Gasteiger partial charge in [-0.05, 0) is 38.8 Å². The second-order valence-electron chi connectivity index (χ2n) is 5.97. The number of hydrogen-bond acceptors (Lipinski definition) is 3. The van der Waals surface area contributed by atoms with E-state index < -0.39 is 6.04 Å². The number of amides is 1. The molecule has 2 aromatic heterocycles. The van der Waals surface area contributed by atoms with Gasteiger partial charge < -0.3 is 15.0 Å². The number of aliphatic hydroxyl groups excluding tert-OH is 1. The van der Waals surface area contributed by atoms with Gasteiger partial charge in [0.25, 0.3) is 5.91 Å². The van der Waals surface area contributed by atoms with Crippen molar-refractivity contribution in [2.45, 2.75) is 38.8 Å². The van der Waals surface area contributed by atoms with E-state index in [1.165, 1.54) is 12.8 Å². The van der Waals surface area contributed by atoms with Crippen LogP contribution in [0.1, 0.15) is 52.4 Å². The Morgan fingerprint density at radius 2 is 2.23 bits per heavy atom. The van der Waals surface area contributed by atoms with E-state index in [2.05, 4.69) is 15.0 Å². The molecule has 3 rings (SSSR count). The smallest absolute Gasteiger partial charge is 0.253 e. The summed E-state index contributed by atoms with van der Waals surface area (Å²) in [6.45, 7) is 3.86. The van der Waals surface area contributed by atoms with E-state index in [-0.39, 0.29) is 12.5 Å². The lowest BCUT2D eigenvalue weighted by Crippen LogP contribution is -2.32. The number of aliphatic hydroxyl groups is 1. The van der Waals surface area contributed by atoms with Crippen LogP contribution < -0.4 is 5.32 Å². The van der Waals surface area contributed by atoms with E-state index in [1.807, 2.05) is 19.9 Å². The molecule has 2 N–H and O–H groups in total. The van der Waals surface area contributed by atoms with Crippen LogP contribution in [0.15, 0.2) is 18.3 Å². The highest BCUT2D eigenvalue weighted by molar-refractivity contribution is 5.96. The maximum Gasteiger partial charge on any atom is 0.253 e. The van der Waals surface area contributed by atoms with Gasteiger partial charge in [-0.25, -0.2) is 0 Å². The number of nitrogens with one attached hydrogen (secondary N) is 1. The number of aromatic nitrogens is 3. The van der Waals surface area contributed by atoms with Crippen molar-refractivity contribution in [3.05, 3.63) is 41.0 Å². The van der Waals surface area contributed by atoms with Crippen LogP contribution in [-0.4, -0.2) is 32.0 Å². The van der Waals surface area contributed by atoms with Crippen molar-refractivity contribution in [1.29, 1.82) is 0 Å². The summed E-state index contributed by atoms with van der Waals surface area (Å²) in [5.74, 6) is -0.153. The number of nitrogens with zero attached hydrogens (tertiary/aromatic N) is 3. The second kappa shape index (κ2) is 5.61. The molecule has 1 amide bonds. The minimum atomic E-state index is -0.455. The fraction of sp³-hybridized carbons (Fsp3) is 0.500. The van der Waals surface area contributed by atoms with Gasteiger partial charge in [0.15, 0.2) is 0 Å². The van der Waals surface area contributed by atoms with Crippen LogP contribution >= 0.6 is 0 Å². The summed E-state index contributed by atoms with van der Waals surface area (Å²) >= 11 is 0. The molecule has 2 aromatic rings. The average molecular weight is 302 g/mol. The van der Waals surface area contributed by atoms with Gasteiger partial charge in [-0.2, -0.15) is 5.10 Å².